The number of aliphatic imine (C=N–C) groups is 1. The summed E-state index contributed by atoms with van der Waals surface area (Å²) < 4.78 is 19.9. The summed E-state index contributed by atoms with van der Waals surface area (Å²) in [4.78, 5) is 21.6. The summed E-state index contributed by atoms with van der Waals surface area (Å²) in [5.41, 5.74) is 1.87. The Morgan fingerprint density at radius 3 is 2.79 bits per heavy atom. The highest BCUT2D eigenvalue weighted by atomic mass is 19.1. The number of H-pyrrole nitrogens is 1. The molecule has 8 heteroatoms. The average Bonchev–Trinajstić information content (AvgIpc) is 3.21. The Hall–Kier alpha value is -3.00. The number of urea groups is 1. The third kappa shape index (κ3) is 3.80. The van der Waals surface area contributed by atoms with E-state index in [0.29, 0.717) is 11.1 Å². The topological polar surface area (TPSA) is 93.6 Å². The number of amidine groups is 1. The van der Waals surface area contributed by atoms with Crippen LogP contribution < -0.4 is 5.32 Å². The van der Waals surface area contributed by atoms with Crippen LogP contribution in [0.5, 0.6) is 0 Å². The molecule has 5 rings (SSSR count). The lowest BCUT2D eigenvalue weighted by Crippen LogP contribution is -2.65. The molecule has 0 spiro atoms. The standard InChI is InChI=1S/C21H24FN5O2/c1-12-6-18(22)19(10-17(12)20(23)25-11-13-4-3-5-24-13)26-21(28)27-14-7-15(27)9-16(8-14)29-2/h3-6,10-11,14-16,23-24H,7-9H2,1-2H3,(H,26,28). The number of aromatic amines is 1. The summed E-state index contributed by atoms with van der Waals surface area (Å²) in [5.74, 6) is -0.530. The van der Waals surface area contributed by atoms with Gasteiger partial charge in [0.1, 0.15) is 5.82 Å². The molecule has 3 heterocycles. The van der Waals surface area contributed by atoms with Gasteiger partial charge in [-0.15, -0.1) is 0 Å². The second-order valence-corrected chi connectivity index (χ2v) is 7.59. The van der Waals surface area contributed by atoms with Gasteiger partial charge >= 0.3 is 6.03 Å². The van der Waals surface area contributed by atoms with E-state index in [0.717, 1.165) is 25.0 Å². The number of halogens is 1. The highest BCUT2D eigenvalue weighted by Gasteiger charge is 2.48. The molecule has 2 atom stereocenters. The molecule has 29 heavy (non-hydrogen) atoms. The van der Waals surface area contributed by atoms with Gasteiger partial charge in [0.2, 0.25) is 0 Å². The minimum Gasteiger partial charge on any atom is -0.381 e. The maximum atomic E-state index is 14.5. The molecule has 1 aromatic carbocycles. The molecule has 3 aliphatic rings. The van der Waals surface area contributed by atoms with Crippen LogP contribution in [0.3, 0.4) is 0 Å². The molecule has 2 aliphatic heterocycles. The number of carbonyl (C=O) groups excluding carboxylic acids is 1. The number of ether oxygens (including phenoxy) is 1. The van der Waals surface area contributed by atoms with Crippen molar-refractivity contribution in [2.24, 2.45) is 4.99 Å². The Kier molecular flexibility index (Phi) is 5.19. The third-order valence-electron chi connectivity index (χ3n) is 5.73. The number of amides is 2. The first-order chi connectivity index (χ1) is 14.0. The Morgan fingerprint density at radius 2 is 2.14 bits per heavy atom. The van der Waals surface area contributed by atoms with Crippen LogP contribution in [-0.4, -0.2) is 53.3 Å². The molecule has 1 aromatic heterocycles. The number of piperidine rings is 1. The molecule has 2 unspecified atom stereocenters. The van der Waals surface area contributed by atoms with Crippen LogP contribution in [0.25, 0.3) is 0 Å². The Labute approximate surface area is 168 Å². The second-order valence-electron chi connectivity index (χ2n) is 7.59. The fraction of sp³-hybridized carbons (Fsp3) is 0.381. The van der Waals surface area contributed by atoms with Crippen molar-refractivity contribution in [2.75, 3.05) is 12.4 Å². The zero-order valence-corrected chi connectivity index (χ0v) is 16.4. The molecule has 3 fully saturated rings. The van der Waals surface area contributed by atoms with Gasteiger partial charge in [-0.1, -0.05) is 0 Å². The summed E-state index contributed by atoms with van der Waals surface area (Å²) >= 11 is 0. The van der Waals surface area contributed by atoms with Crippen molar-refractivity contribution in [3.63, 3.8) is 0 Å². The molecule has 7 nitrogen and oxygen atoms in total. The summed E-state index contributed by atoms with van der Waals surface area (Å²) in [5, 5.41) is 10.9. The first-order valence-corrected chi connectivity index (χ1v) is 9.65. The monoisotopic (exact) mass is 397 g/mol. The lowest BCUT2D eigenvalue weighted by atomic mass is 9.78. The smallest absolute Gasteiger partial charge is 0.322 e. The summed E-state index contributed by atoms with van der Waals surface area (Å²) in [6, 6.07) is 6.42. The number of nitrogens with zero attached hydrogens (tertiary/aromatic N) is 2. The van der Waals surface area contributed by atoms with Gasteiger partial charge in [-0.25, -0.2) is 14.2 Å². The van der Waals surface area contributed by atoms with E-state index in [9.17, 15) is 9.18 Å². The largest absolute Gasteiger partial charge is 0.381 e. The highest BCUT2D eigenvalue weighted by molar-refractivity contribution is 6.05. The molecule has 1 saturated carbocycles. The van der Waals surface area contributed by atoms with Gasteiger partial charge in [0, 0.05) is 31.0 Å². The van der Waals surface area contributed by atoms with E-state index < -0.39 is 5.82 Å². The van der Waals surface area contributed by atoms with E-state index in [-0.39, 0.29) is 35.7 Å². The summed E-state index contributed by atoms with van der Waals surface area (Å²) in [7, 11) is 1.69. The van der Waals surface area contributed by atoms with Crippen LogP contribution in [-0.2, 0) is 4.74 Å². The van der Waals surface area contributed by atoms with E-state index in [4.69, 9.17) is 10.1 Å². The van der Waals surface area contributed by atoms with Gasteiger partial charge in [-0.3, -0.25) is 5.41 Å². The van der Waals surface area contributed by atoms with E-state index in [2.05, 4.69) is 15.3 Å². The minimum atomic E-state index is -0.527. The van der Waals surface area contributed by atoms with E-state index in [1.807, 2.05) is 12.1 Å². The maximum absolute atomic E-state index is 14.5. The Morgan fingerprint density at radius 1 is 1.38 bits per heavy atom. The van der Waals surface area contributed by atoms with Crippen molar-refractivity contribution < 1.29 is 13.9 Å². The number of anilines is 1. The number of aromatic nitrogens is 1. The summed E-state index contributed by atoms with van der Waals surface area (Å²) in [6.07, 6.45) is 6.06. The predicted molar refractivity (Wildman–Crippen MR) is 109 cm³/mol. The van der Waals surface area contributed by atoms with Crippen LogP contribution in [0.1, 0.15) is 36.1 Å². The second kappa shape index (κ2) is 7.79. The van der Waals surface area contributed by atoms with Crippen LogP contribution in [0, 0.1) is 18.2 Å². The van der Waals surface area contributed by atoms with Crippen LogP contribution >= 0.6 is 0 Å². The van der Waals surface area contributed by atoms with E-state index in [1.165, 1.54) is 18.3 Å². The Balaban J connectivity index is 1.49. The van der Waals surface area contributed by atoms with Crippen LogP contribution in [0.4, 0.5) is 14.9 Å². The fourth-order valence-electron chi connectivity index (χ4n) is 4.18. The number of hydrogen-bond acceptors (Lipinski definition) is 3. The molecular weight excluding hydrogens is 373 g/mol. The molecule has 152 valence electrons. The Bertz CT molecular complexity index is 944. The SMILES string of the molecule is COC1CC2CC(C1)N2C(=O)Nc1cc(C(=N)N=Cc2ccc[nH]2)c(C)cc1F. The van der Waals surface area contributed by atoms with E-state index in [1.54, 1.807) is 25.1 Å². The molecule has 1 aliphatic carbocycles. The number of carbonyl (C=O) groups is 1. The van der Waals surface area contributed by atoms with Crippen molar-refractivity contribution in [2.45, 2.75) is 44.4 Å². The predicted octanol–water partition coefficient (Wildman–Crippen LogP) is 3.69. The zero-order valence-electron chi connectivity index (χ0n) is 16.4. The van der Waals surface area contributed by atoms with Crippen molar-refractivity contribution in [3.8, 4) is 0 Å². The first kappa shape index (κ1) is 19.3. The van der Waals surface area contributed by atoms with Crippen molar-refractivity contribution in [1.82, 2.24) is 9.88 Å². The van der Waals surface area contributed by atoms with Gasteiger partial charge in [0.15, 0.2) is 5.84 Å². The molecule has 2 saturated heterocycles. The van der Waals surface area contributed by atoms with Gasteiger partial charge < -0.3 is 19.9 Å². The minimum absolute atomic E-state index is 0.00337. The fourth-order valence-corrected chi connectivity index (χ4v) is 4.18. The quantitative estimate of drug-likeness (QED) is 0.542. The third-order valence-corrected chi connectivity index (χ3v) is 5.73. The number of benzene rings is 1. The summed E-state index contributed by atoms with van der Waals surface area (Å²) in [6.45, 7) is 1.72. The van der Waals surface area contributed by atoms with Gasteiger partial charge in [0.05, 0.1) is 23.7 Å². The highest BCUT2D eigenvalue weighted by Crippen LogP contribution is 2.39. The average molecular weight is 397 g/mol. The normalized spacial score (nSPS) is 23.1. The molecule has 0 radical (unpaired) electrons. The molecule has 2 bridgehead atoms. The van der Waals surface area contributed by atoms with Crippen molar-refractivity contribution in [3.05, 3.63) is 53.1 Å². The molecular formula is C21H24FN5O2. The molecule has 2 aromatic rings. The van der Waals surface area contributed by atoms with E-state index >= 15 is 0 Å². The number of methoxy groups -OCH3 is 1. The van der Waals surface area contributed by atoms with Crippen molar-refractivity contribution in [1.29, 1.82) is 5.41 Å². The number of aryl methyl sites for hydroxylation is 1. The number of fused-ring (bicyclic) bond motifs is 2. The van der Waals surface area contributed by atoms with Crippen LogP contribution in [0.15, 0.2) is 35.5 Å². The molecule has 3 N–H and O–H groups in total. The number of hydrogen-bond donors (Lipinski definition) is 3. The maximum Gasteiger partial charge on any atom is 0.322 e. The molecule has 2 amide bonds. The number of nitrogens with one attached hydrogen (secondary N) is 3. The van der Waals surface area contributed by atoms with Gasteiger partial charge in [-0.05, 0) is 56.0 Å². The number of rotatable bonds is 4. The lowest BCUT2D eigenvalue weighted by molar-refractivity contribution is -0.0636. The van der Waals surface area contributed by atoms with Gasteiger partial charge in [0.25, 0.3) is 0 Å². The lowest BCUT2D eigenvalue weighted by Gasteiger charge is -2.54. The van der Waals surface area contributed by atoms with Gasteiger partial charge in [-0.2, -0.15) is 0 Å². The van der Waals surface area contributed by atoms with Crippen LogP contribution in [0.2, 0.25) is 0 Å². The zero-order chi connectivity index (χ0) is 20.5. The first-order valence-electron chi connectivity index (χ1n) is 9.65. The van der Waals surface area contributed by atoms with Crippen molar-refractivity contribution >= 4 is 23.8 Å².